The number of carboxylic acids is 1. The van der Waals surface area contributed by atoms with E-state index in [1.165, 1.54) is 12.1 Å². The molecule has 0 aliphatic heterocycles. The van der Waals surface area contributed by atoms with Gasteiger partial charge in [0.15, 0.2) is 0 Å². The zero-order valence-corrected chi connectivity index (χ0v) is 10.6. The average molecular weight is 289 g/mol. The Bertz CT molecular complexity index is 379. The van der Waals surface area contributed by atoms with Gasteiger partial charge in [0, 0.05) is 0 Å². The van der Waals surface area contributed by atoms with Crippen molar-refractivity contribution in [3.8, 4) is 0 Å². The molecule has 0 saturated carbocycles. The SMILES string of the molecule is CCCCC(C(=O)O)c1ccc(F)c(Br)c1. The van der Waals surface area contributed by atoms with Crippen LogP contribution in [0.25, 0.3) is 0 Å². The zero-order valence-electron chi connectivity index (χ0n) is 9.04. The number of benzene rings is 1. The maximum atomic E-state index is 13.0. The summed E-state index contributed by atoms with van der Waals surface area (Å²) in [6.07, 6.45) is 2.39. The molecular weight excluding hydrogens is 275 g/mol. The fraction of sp³-hybridized carbons (Fsp3) is 0.417. The Balaban J connectivity index is 2.92. The van der Waals surface area contributed by atoms with Gasteiger partial charge in [-0.25, -0.2) is 4.39 Å². The van der Waals surface area contributed by atoms with E-state index in [1.54, 1.807) is 6.07 Å². The van der Waals surface area contributed by atoms with Gasteiger partial charge in [-0.15, -0.1) is 0 Å². The molecule has 0 amide bonds. The van der Waals surface area contributed by atoms with Crippen LogP contribution in [-0.4, -0.2) is 11.1 Å². The van der Waals surface area contributed by atoms with Gasteiger partial charge in [-0.05, 0) is 40.0 Å². The van der Waals surface area contributed by atoms with Gasteiger partial charge >= 0.3 is 5.97 Å². The summed E-state index contributed by atoms with van der Waals surface area (Å²) in [4.78, 5) is 11.1. The van der Waals surface area contributed by atoms with Crippen LogP contribution in [0, 0.1) is 5.82 Å². The van der Waals surface area contributed by atoms with Crippen molar-refractivity contribution >= 4 is 21.9 Å². The molecule has 88 valence electrons. The van der Waals surface area contributed by atoms with Crippen molar-refractivity contribution in [2.45, 2.75) is 32.1 Å². The van der Waals surface area contributed by atoms with Gasteiger partial charge < -0.3 is 5.11 Å². The summed E-state index contributed by atoms with van der Waals surface area (Å²) in [5.74, 6) is -1.77. The maximum absolute atomic E-state index is 13.0. The Morgan fingerprint density at radius 3 is 2.75 bits per heavy atom. The molecule has 2 nitrogen and oxygen atoms in total. The van der Waals surface area contributed by atoms with E-state index >= 15 is 0 Å². The van der Waals surface area contributed by atoms with E-state index in [-0.39, 0.29) is 5.82 Å². The van der Waals surface area contributed by atoms with E-state index in [4.69, 9.17) is 5.11 Å². The van der Waals surface area contributed by atoms with Crippen LogP contribution in [0.5, 0.6) is 0 Å². The number of halogens is 2. The smallest absolute Gasteiger partial charge is 0.310 e. The molecule has 0 radical (unpaired) electrons. The molecular formula is C12H14BrFO2. The van der Waals surface area contributed by atoms with Crippen molar-refractivity contribution in [1.29, 1.82) is 0 Å². The molecule has 0 aromatic heterocycles. The minimum atomic E-state index is -0.855. The monoisotopic (exact) mass is 288 g/mol. The first-order valence-corrected chi connectivity index (χ1v) is 6.03. The fourth-order valence-electron chi connectivity index (χ4n) is 1.57. The van der Waals surface area contributed by atoms with Crippen LogP contribution in [0.4, 0.5) is 4.39 Å². The molecule has 0 spiro atoms. The summed E-state index contributed by atoms with van der Waals surface area (Å²) in [5, 5.41) is 9.10. The summed E-state index contributed by atoms with van der Waals surface area (Å²) in [7, 11) is 0. The van der Waals surface area contributed by atoms with Crippen LogP contribution in [0.2, 0.25) is 0 Å². The van der Waals surface area contributed by atoms with Gasteiger partial charge in [0.2, 0.25) is 0 Å². The Morgan fingerprint density at radius 1 is 1.56 bits per heavy atom. The van der Waals surface area contributed by atoms with E-state index in [2.05, 4.69) is 15.9 Å². The number of rotatable bonds is 5. The fourth-order valence-corrected chi connectivity index (χ4v) is 1.97. The lowest BCUT2D eigenvalue weighted by Gasteiger charge is -2.12. The topological polar surface area (TPSA) is 37.3 Å². The lowest BCUT2D eigenvalue weighted by molar-refractivity contribution is -0.139. The van der Waals surface area contributed by atoms with E-state index in [9.17, 15) is 9.18 Å². The highest BCUT2D eigenvalue weighted by Crippen LogP contribution is 2.26. The number of aliphatic carboxylic acids is 1. The molecule has 0 saturated heterocycles. The van der Waals surface area contributed by atoms with Crippen LogP contribution < -0.4 is 0 Å². The molecule has 1 rings (SSSR count). The van der Waals surface area contributed by atoms with Crippen molar-refractivity contribution in [3.63, 3.8) is 0 Å². The number of carboxylic acid groups (broad SMARTS) is 1. The minimum absolute atomic E-state index is 0.313. The standard InChI is InChI=1S/C12H14BrFO2/c1-2-3-4-9(12(15)16)8-5-6-11(14)10(13)7-8/h5-7,9H,2-4H2,1H3,(H,15,16). The van der Waals surface area contributed by atoms with Crippen molar-refractivity contribution in [3.05, 3.63) is 34.1 Å². The summed E-state index contributed by atoms with van der Waals surface area (Å²) in [6.45, 7) is 2.01. The van der Waals surface area contributed by atoms with Crippen LogP contribution in [0.15, 0.2) is 22.7 Å². The van der Waals surface area contributed by atoms with Gasteiger partial charge in [-0.3, -0.25) is 4.79 Å². The Labute approximate surface area is 103 Å². The van der Waals surface area contributed by atoms with E-state index in [1.807, 2.05) is 6.92 Å². The average Bonchev–Trinajstić information content (AvgIpc) is 2.23. The van der Waals surface area contributed by atoms with Gasteiger partial charge in [0.1, 0.15) is 5.82 Å². The highest BCUT2D eigenvalue weighted by Gasteiger charge is 2.19. The van der Waals surface area contributed by atoms with E-state index < -0.39 is 11.9 Å². The normalized spacial score (nSPS) is 12.4. The molecule has 16 heavy (non-hydrogen) atoms. The summed E-state index contributed by atoms with van der Waals surface area (Å²) >= 11 is 3.06. The third-order valence-corrected chi connectivity index (χ3v) is 3.10. The van der Waals surface area contributed by atoms with Crippen molar-refractivity contribution in [1.82, 2.24) is 0 Å². The summed E-state index contributed by atoms with van der Waals surface area (Å²) < 4.78 is 13.3. The van der Waals surface area contributed by atoms with Gasteiger partial charge in [-0.1, -0.05) is 25.8 Å². The minimum Gasteiger partial charge on any atom is -0.481 e. The second-order valence-electron chi connectivity index (χ2n) is 3.71. The lowest BCUT2D eigenvalue weighted by atomic mass is 9.94. The second kappa shape index (κ2) is 5.99. The number of hydrogen-bond acceptors (Lipinski definition) is 1. The molecule has 0 heterocycles. The molecule has 1 atom stereocenters. The van der Waals surface area contributed by atoms with Crippen molar-refractivity contribution in [2.75, 3.05) is 0 Å². The molecule has 1 N–H and O–H groups in total. The zero-order chi connectivity index (χ0) is 12.1. The molecule has 0 bridgehead atoms. The number of unbranched alkanes of at least 4 members (excludes halogenated alkanes) is 1. The summed E-state index contributed by atoms with van der Waals surface area (Å²) in [5.41, 5.74) is 0.647. The van der Waals surface area contributed by atoms with Gasteiger partial charge in [0.25, 0.3) is 0 Å². The first-order chi connectivity index (χ1) is 7.56. The molecule has 1 aromatic rings. The Morgan fingerprint density at radius 2 is 2.25 bits per heavy atom. The molecule has 1 aromatic carbocycles. The Kier molecular flexibility index (Phi) is 4.93. The predicted octanol–water partition coefficient (Wildman–Crippen LogP) is 3.95. The second-order valence-corrected chi connectivity index (χ2v) is 4.56. The third-order valence-electron chi connectivity index (χ3n) is 2.49. The van der Waals surface area contributed by atoms with Crippen LogP contribution in [0.3, 0.4) is 0 Å². The van der Waals surface area contributed by atoms with Crippen LogP contribution in [-0.2, 0) is 4.79 Å². The maximum Gasteiger partial charge on any atom is 0.310 e. The molecule has 0 aliphatic rings. The first-order valence-electron chi connectivity index (χ1n) is 5.24. The molecule has 0 aliphatic carbocycles. The Hall–Kier alpha value is -0.900. The van der Waals surface area contributed by atoms with Crippen LogP contribution in [0.1, 0.15) is 37.7 Å². The van der Waals surface area contributed by atoms with Gasteiger partial charge in [0.05, 0.1) is 10.4 Å². The quantitative estimate of drug-likeness (QED) is 0.891. The number of carbonyl (C=O) groups is 1. The van der Waals surface area contributed by atoms with Crippen molar-refractivity contribution < 1.29 is 14.3 Å². The van der Waals surface area contributed by atoms with E-state index in [0.29, 0.717) is 16.5 Å². The lowest BCUT2D eigenvalue weighted by Crippen LogP contribution is -2.11. The van der Waals surface area contributed by atoms with Crippen molar-refractivity contribution in [2.24, 2.45) is 0 Å². The first kappa shape index (κ1) is 13.2. The molecule has 0 fully saturated rings. The molecule has 4 heteroatoms. The van der Waals surface area contributed by atoms with Crippen LogP contribution >= 0.6 is 15.9 Å². The van der Waals surface area contributed by atoms with Gasteiger partial charge in [-0.2, -0.15) is 0 Å². The summed E-state index contributed by atoms with van der Waals surface area (Å²) in [6, 6.07) is 4.37. The van der Waals surface area contributed by atoms with E-state index in [0.717, 1.165) is 12.8 Å². The third kappa shape index (κ3) is 3.30. The predicted molar refractivity (Wildman–Crippen MR) is 64.0 cm³/mol. The largest absolute Gasteiger partial charge is 0.481 e. The molecule has 1 unspecified atom stereocenters. The highest BCUT2D eigenvalue weighted by atomic mass is 79.9. The number of hydrogen-bond donors (Lipinski definition) is 1. The highest BCUT2D eigenvalue weighted by molar-refractivity contribution is 9.10.